The number of hydrogen-bond donors (Lipinski definition) is 0. The molecule has 0 spiro atoms. The molecule has 2 heteroatoms. The van der Waals surface area contributed by atoms with E-state index in [0.29, 0.717) is 0 Å². The molecule has 14 heavy (non-hydrogen) atoms. The summed E-state index contributed by atoms with van der Waals surface area (Å²) in [5.41, 5.74) is 1.52. The minimum Gasteiger partial charge on any atom is -0.294 e. The van der Waals surface area contributed by atoms with Crippen molar-refractivity contribution in [3.63, 3.8) is 0 Å². The van der Waals surface area contributed by atoms with Gasteiger partial charge in [0.2, 0.25) is 0 Å². The Morgan fingerprint density at radius 1 is 1.07 bits per heavy atom. The maximum absolute atomic E-state index is 2.34. The molecule has 0 amide bonds. The van der Waals surface area contributed by atoms with Crippen LogP contribution in [0.4, 0.5) is 0 Å². The third-order valence-corrected chi connectivity index (χ3v) is 3.29. The second-order valence-corrected chi connectivity index (χ2v) is 4.70. The fourth-order valence-corrected chi connectivity index (χ4v) is 1.09. The Morgan fingerprint density at radius 2 is 1.43 bits per heavy atom. The molecule has 0 aliphatic rings. The molecular formula is C12H24NV+. The van der Waals surface area contributed by atoms with Crippen LogP contribution >= 0.6 is 0 Å². The zero-order chi connectivity index (χ0) is 10.8. The zero-order valence-electron chi connectivity index (χ0n) is 10.9. The van der Waals surface area contributed by atoms with Crippen LogP contribution in [0.5, 0.6) is 0 Å². The average molecular weight is 233 g/mol. The van der Waals surface area contributed by atoms with Gasteiger partial charge >= 0.3 is 18.6 Å². The van der Waals surface area contributed by atoms with Gasteiger partial charge in [-0.3, -0.25) is 16.4 Å². The Balaban J connectivity index is 0. The van der Waals surface area contributed by atoms with Crippen molar-refractivity contribution < 1.29 is 23.1 Å². The van der Waals surface area contributed by atoms with Gasteiger partial charge in [-0.2, -0.15) is 27.7 Å². The molecule has 1 radical (unpaired) electrons. The average Bonchev–Trinajstić information content (AvgIpc) is 2.01. The Labute approximate surface area is 102 Å². The summed E-state index contributed by atoms with van der Waals surface area (Å²) in [4.78, 5) is 0. The molecule has 81 valence electrons. The van der Waals surface area contributed by atoms with E-state index < -0.39 is 0 Å². The van der Waals surface area contributed by atoms with Crippen LogP contribution < -0.4 is 0 Å². The van der Waals surface area contributed by atoms with Gasteiger partial charge in [-0.25, -0.2) is 0 Å². The van der Waals surface area contributed by atoms with Gasteiger partial charge in [0.1, 0.15) is 7.05 Å². The van der Waals surface area contributed by atoms with Gasteiger partial charge in [-0.05, 0) is 20.8 Å². The number of rotatable bonds is 3. The first-order chi connectivity index (χ1) is 5.71. The number of hydrogen-bond acceptors (Lipinski definition) is 0. The van der Waals surface area contributed by atoms with Crippen molar-refractivity contribution in [2.24, 2.45) is 0 Å². The summed E-state index contributed by atoms with van der Waals surface area (Å²) >= 11 is 0. The standard InChI is InChI=1S/C12H24N.V/c1-9(2)11(5)13(8)12(6,7)10(3)4;/h1-8H3;/q-1;+2. The normalized spacial score (nSPS) is 13.5. The molecule has 0 heterocycles. The van der Waals surface area contributed by atoms with Crippen LogP contribution in [0.3, 0.4) is 0 Å². The molecule has 0 atom stereocenters. The maximum atomic E-state index is 2.34. The Hall–Kier alpha value is 0.124. The molecule has 0 aromatic carbocycles. The van der Waals surface area contributed by atoms with Crippen LogP contribution in [-0.4, -0.2) is 22.9 Å². The van der Waals surface area contributed by atoms with E-state index in [1.165, 1.54) is 17.5 Å². The first-order valence-corrected chi connectivity index (χ1v) is 4.89. The topological polar surface area (TPSA) is 3.01 Å². The molecule has 0 rings (SSSR count). The fraction of sp³-hybridized carbons (Fsp3) is 0.750. The summed E-state index contributed by atoms with van der Waals surface area (Å²) < 4.78 is 2.34. The summed E-state index contributed by atoms with van der Waals surface area (Å²) in [6.45, 7) is 15.4. The monoisotopic (exact) mass is 233 g/mol. The summed E-state index contributed by atoms with van der Waals surface area (Å²) in [6.07, 6.45) is 0. The van der Waals surface area contributed by atoms with Crippen LogP contribution in [-0.2, 0) is 18.6 Å². The van der Waals surface area contributed by atoms with Crippen LogP contribution in [0, 0.1) is 11.8 Å². The molecular weight excluding hydrogens is 209 g/mol. The first-order valence-electron chi connectivity index (χ1n) is 4.89. The SMILES string of the molecule is CC([C-](C)C)=[N+](C)C(C)(C)[C-](C)C.[V+2]. The molecule has 0 saturated carbocycles. The summed E-state index contributed by atoms with van der Waals surface area (Å²) in [7, 11) is 2.16. The predicted molar refractivity (Wildman–Crippen MR) is 60.1 cm³/mol. The van der Waals surface area contributed by atoms with Gasteiger partial charge in [0.15, 0.2) is 0 Å². The van der Waals surface area contributed by atoms with Crippen molar-refractivity contribution >= 4 is 5.71 Å². The van der Waals surface area contributed by atoms with Crippen molar-refractivity contribution in [2.45, 2.75) is 54.0 Å². The summed E-state index contributed by atoms with van der Waals surface area (Å²) in [6, 6.07) is 0. The quantitative estimate of drug-likeness (QED) is 0.400. The van der Waals surface area contributed by atoms with E-state index in [-0.39, 0.29) is 24.1 Å². The van der Waals surface area contributed by atoms with E-state index in [9.17, 15) is 0 Å². The van der Waals surface area contributed by atoms with Gasteiger partial charge in [0.25, 0.3) is 0 Å². The summed E-state index contributed by atoms with van der Waals surface area (Å²) in [5, 5.41) is 0. The van der Waals surface area contributed by atoms with Crippen LogP contribution in [0.25, 0.3) is 0 Å². The first kappa shape index (κ1) is 16.6. The molecule has 0 N–H and O–H groups in total. The molecule has 1 nitrogen and oxygen atoms in total. The van der Waals surface area contributed by atoms with Crippen LogP contribution in [0.2, 0.25) is 0 Å². The Morgan fingerprint density at radius 3 is 1.64 bits per heavy atom. The molecule has 0 saturated heterocycles. The molecule has 0 aromatic heterocycles. The summed E-state index contributed by atoms with van der Waals surface area (Å²) in [5.74, 6) is 2.83. The molecule has 0 aliphatic carbocycles. The Bertz CT molecular complexity index is 202. The van der Waals surface area contributed by atoms with Gasteiger partial charge < -0.3 is 0 Å². The third-order valence-electron chi connectivity index (χ3n) is 3.29. The van der Waals surface area contributed by atoms with E-state index in [0.717, 1.165) is 0 Å². The molecule has 0 fully saturated rings. The van der Waals surface area contributed by atoms with Crippen molar-refractivity contribution in [2.75, 3.05) is 7.05 Å². The smallest absolute Gasteiger partial charge is 0.294 e. The second-order valence-electron chi connectivity index (χ2n) is 4.70. The molecule has 0 aromatic rings. The van der Waals surface area contributed by atoms with Gasteiger partial charge in [-0.15, -0.1) is 0 Å². The van der Waals surface area contributed by atoms with Crippen molar-refractivity contribution in [3.8, 4) is 0 Å². The molecule has 0 bridgehead atoms. The van der Waals surface area contributed by atoms with E-state index in [1.807, 2.05) is 0 Å². The van der Waals surface area contributed by atoms with E-state index >= 15 is 0 Å². The van der Waals surface area contributed by atoms with Crippen molar-refractivity contribution in [1.82, 2.24) is 0 Å². The van der Waals surface area contributed by atoms with E-state index in [2.05, 4.69) is 60.1 Å². The van der Waals surface area contributed by atoms with Crippen LogP contribution in [0.1, 0.15) is 48.5 Å². The van der Waals surface area contributed by atoms with E-state index in [1.54, 1.807) is 0 Å². The zero-order valence-corrected chi connectivity index (χ0v) is 12.3. The van der Waals surface area contributed by atoms with Gasteiger partial charge in [0, 0.05) is 11.3 Å². The van der Waals surface area contributed by atoms with Crippen LogP contribution in [0.15, 0.2) is 0 Å². The van der Waals surface area contributed by atoms with Crippen molar-refractivity contribution in [1.29, 1.82) is 0 Å². The second kappa shape index (κ2) is 5.87. The molecule has 0 aliphatic heterocycles. The van der Waals surface area contributed by atoms with Gasteiger partial charge in [-0.1, -0.05) is 0 Å². The maximum Gasteiger partial charge on any atom is 2.00 e. The van der Waals surface area contributed by atoms with Gasteiger partial charge in [0.05, 0.1) is 0 Å². The third kappa shape index (κ3) is 3.70. The largest absolute Gasteiger partial charge is 2.00 e. The number of nitrogens with zero attached hydrogens (tertiary/aromatic N) is 1. The fourth-order valence-electron chi connectivity index (χ4n) is 1.09. The Kier molecular flexibility index (Phi) is 6.94. The van der Waals surface area contributed by atoms with E-state index in [4.69, 9.17) is 0 Å². The minimum absolute atomic E-state index is 0. The van der Waals surface area contributed by atoms with Crippen molar-refractivity contribution in [3.05, 3.63) is 11.8 Å². The minimum atomic E-state index is 0. The predicted octanol–water partition coefficient (Wildman–Crippen LogP) is 3.09. The molecule has 0 unspecified atom stereocenters.